The molecule has 0 atom stereocenters. The number of carbonyl (C=O) groups excluding carboxylic acids is 2. The normalized spacial score (nSPS) is 10.6. The van der Waals surface area contributed by atoms with E-state index in [-0.39, 0.29) is 30.6 Å². The lowest BCUT2D eigenvalue weighted by Crippen LogP contribution is -2.30. The fraction of sp³-hybridized carbons (Fsp3) is 0.231. The first kappa shape index (κ1) is 23.2. The molecule has 0 radical (unpaired) electrons. The Balaban J connectivity index is 1.81. The Kier molecular flexibility index (Phi) is 8.11. The largest absolute Gasteiger partial charge is 0.383 e. The Bertz CT molecular complexity index is 1050. The number of hydrogen-bond donors (Lipinski definition) is 1. The monoisotopic (exact) mass is 434 g/mol. The van der Waals surface area contributed by atoms with Gasteiger partial charge in [0.25, 0.3) is 5.91 Å². The first-order chi connectivity index (χ1) is 15.5. The minimum Gasteiger partial charge on any atom is -0.383 e. The fourth-order valence-electron chi connectivity index (χ4n) is 3.28. The Morgan fingerprint density at radius 2 is 1.69 bits per heavy atom. The van der Waals surface area contributed by atoms with Crippen molar-refractivity contribution in [3.8, 4) is 0 Å². The van der Waals surface area contributed by atoms with Gasteiger partial charge in [-0.1, -0.05) is 42.0 Å². The summed E-state index contributed by atoms with van der Waals surface area (Å²) in [5, 5.41) is 2.79. The van der Waals surface area contributed by atoms with Gasteiger partial charge < -0.3 is 15.0 Å². The second-order valence-electron chi connectivity index (χ2n) is 7.57. The quantitative estimate of drug-likeness (QED) is 0.511. The molecule has 0 aromatic heterocycles. The lowest BCUT2D eigenvalue weighted by atomic mass is 10.1. The van der Waals surface area contributed by atoms with Crippen LogP contribution in [0, 0.1) is 12.7 Å². The second-order valence-corrected chi connectivity index (χ2v) is 7.57. The molecule has 6 heteroatoms. The number of halogens is 1. The summed E-state index contributed by atoms with van der Waals surface area (Å²) >= 11 is 0. The number of hydrogen-bond acceptors (Lipinski definition) is 3. The molecule has 5 nitrogen and oxygen atoms in total. The van der Waals surface area contributed by atoms with E-state index in [1.165, 1.54) is 12.1 Å². The molecule has 3 aromatic carbocycles. The Labute approximate surface area is 187 Å². The maximum absolute atomic E-state index is 13.7. The van der Waals surface area contributed by atoms with Crippen molar-refractivity contribution in [2.45, 2.75) is 19.9 Å². The van der Waals surface area contributed by atoms with Crippen molar-refractivity contribution in [1.82, 2.24) is 5.32 Å². The molecule has 0 saturated heterocycles. The summed E-state index contributed by atoms with van der Waals surface area (Å²) < 4.78 is 18.7. The average Bonchev–Trinajstić information content (AvgIpc) is 2.78. The maximum atomic E-state index is 13.7. The molecule has 32 heavy (non-hydrogen) atoms. The number of nitrogens with one attached hydrogen (secondary N) is 1. The van der Waals surface area contributed by atoms with E-state index in [9.17, 15) is 14.0 Å². The zero-order valence-corrected chi connectivity index (χ0v) is 18.3. The number of methoxy groups -OCH3 is 1. The minimum atomic E-state index is -0.347. The zero-order valence-electron chi connectivity index (χ0n) is 18.3. The number of aryl methyl sites for hydroxylation is 1. The van der Waals surface area contributed by atoms with Crippen LogP contribution in [0.5, 0.6) is 0 Å². The standard InChI is InChI=1S/C26H27FN2O3/c1-19-6-10-22(11-7-19)26(31)29(18-21-4-3-5-23(27)16-21)24-12-8-20(9-13-24)17-25(30)28-14-15-32-2/h3-13,16H,14-15,17-18H2,1-2H3,(H,28,30). The highest BCUT2D eigenvalue weighted by molar-refractivity contribution is 6.06. The number of rotatable bonds is 9. The molecule has 166 valence electrons. The van der Waals surface area contributed by atoms with Crippen LogP contribution < -0.4 is 10.2 Å². The highest BCUT2D eigenvalue weighted by atomic mass is 19.1. The van der Waals surface area contributed by atoms with E-state index in [0.717, 1.165) is 11.1 Å². The smallest absolute Gasteiger partial charge is 0.258 e. The molecular weight excluding hydrogens is 407 g/mol. The van der Waals surface area contributed by atoms with E-state index < -0.39 is 0 Å². The van der Waals surface area contributed by atoms with E-state index in [0.29, 0.717) is 30.0 Å². The van der Waals surface area contributed by atoms with Crippen LogP contribution in [0.4, 0.5) is 10.1 Å². The number of nitrogens with zero attached hydrogens (tertiary/aromatic N) is 1. The van der Waals surface area contributed by atoms with Crippen LogP contribution >= 0.6 is 0 Å². The van der Waals surface area contributed by atoms with Crippen molar-refractivity contribution in [3.05, 3.63) is 101 Å². The maximum Gasteiger partial charge on any atom is 0.258 e. The van der Waals surface area contributed by atoms with E-state index >= 15 is 0 Å². The van der Waals surface area contributed by atoms with Gasteiger partial charge >= 0.3 is 0 Å². The van der Waals surface area contributed by atoms with Crippen molar-refractivity contribution in [3.63, 3.8) is 0 Å². The van der Waals surface area contributed by atoms with Crippen LogP contribution in [0.2, 0.25) is 0 Å². The molecule has 0 heterocycles. The molecule has 3 aromatic rings. The predicted octanol–water partition coefficient (Wildman–Crippen LogP) is 4.29. The van der Waals surface area contributed by atoms with E-state index in [1.54, 1.807) is 36.3 Å². The highest BCUT2D eigenvalue weighted by Gasteiger charge is 2.19. The van der Waals surface area contributed by atoms with Crippen LogP contribution in [0.25, 0.3) is 0 Å². The van der Waals surface area contributed by atoms with Gasteiger partial charge in [0.05, 0.1) is 19.6 Å². The molecule has 0 unspecified atom stereocenters. The Morgan fingerprint density at radius 1 is 0.969 bits per heavy atom. The first-order valence-electron chi connectivity index (χ1n) is 10.4. The van der Waals surface area contributed by atoms with E-state index in [4.69, 9.17) is 4.74 Å². The van der Waals surface area contributed by atoms with Gasteiger partial charge in [-0.2, -0.15) is 0 Å². The molecule has 1 N–H and O–H groups in total. The van der Waals surface area contributed by atoms with Crippen molar-refractivity contribution in [2.75, 3.05) is 25.2 Å². The third-order valence-electron chi connectivity index (χ3n) is 5.01. The molecule has 0 fully saturated rings. The van der Waals surface area contributed by atoms with Crippen LogP contribution in [-0.4, -0.2) is 32.1 Å². The van der Waals surface area contributed by atoms with Gasteiger partial charge in [0.15, 0.2) is 0 Å². The molecule has 3 rings (SSSR count). The molecule has 0 saturated carbocycles. The summed E-state index contributed by atoms with van der Waals surface area (Å²) in [6.07, 6.45) is 0.236. The molecule has 0 bridgehead atoms. The first-order valence-corrected chi connectivity index (χ1v) is 10.4. The van der Waals surface area contributed by atoms with Gasteiger partial charge in [0.2, 0.25) is 5.91 Å². The number of anilines is 1. The van der Waals surface area contributed by atoms with Crippen LogP contribution in [-0.2, 0) is 22.5 Å². The number of carbonyl (C=O) groups is 2. The lowest BCUT2D eigenvalue weighted by molar-refractivity contribution is -0.120. The van der Waals surface area contributed by atoms with Crippen molar-refractivity contribution in [1.29, 1.82) is 0 Å². The summed E-state index contributed by atoms with van der Waals surface area (Å²) in [6, 6.07) is 20.8. The lowest BCUT2D eigenvalue weighted by Gasteiger charge is -2.24. The van der Waals surface area contributed by atoms with Gasteiger partial charge in [-0.3, -0.25) is 9.59 Å². The summed E-state index contributed by atoms with van der Waals surface area (Å²) in [5.74, 6) is -0.624. The van der Waals surface area contributed by atoms with E-state index in [1.807, 2.05) is 43.3 Å². The van der Waals surface area contributed by atoms with Crippen molar-refractivity contribution >= 4 is 17.5 Å². The molecule has 0 spiro atoms. The number of benzene rings is 3. The molecule has 2 amide bonds. The SMILES string of the molecule is COCCNC(=O)Cc1ccc(N(Cc2cccc(F)c2)C(=O)c2ccc(C)cc2)cc1. The van der Waals surface area contributed by atoms with Gasteiger partial charge in [0, 0.05) is 24.9 Å². The highest BCUT2D eigenvalue weighted by Crippen LogP contribution is 2.22. The molecule has 0 aliphatic heterocycles. The molecular formula is C26H27FN2O3. The summed E-state index contributed by atoms with van der Waals surface area (Å²) in [7, 11) is 1.58. The third kappa shape index (κ3) is 6.49. The predicted molar refractivity (Wildman–Crippen MR) is 123 cm³/mol. The number of ether oxygens (including phenoxy) is 1. The summed E-state index contributed by atoms with van der Waals surface area (Å²) in [5.41, 5.74) is 3.80. The average molecular weight is 435 g/mol. The zero-order chi connectivity index (χ0) is 22.9. The fourth-order valence-corrected chi connectivity index (χ4v) is 3.28. The summed E-state index contributed by atoms with van der Waals surface area (Å²) in [6.45, 7) is 3.10. The van der Waals surface area contributed by atoms with Gasteiger partial charge in [0.1, 0.15) is 5.82 Å². The second kappa shape index (κ2) is 11.2. The van der Waals surface area contributed by atoms with Crippen molar-refractivity contribution < 1.29 is 18.7 Å². The minimum absolute atomic E-state index is 0.0952. The molecule has 0 aliphatic rings. The summed E-state index contributed by atoms with van der Waals surface area (Å²) in [4.78, 5) is 27.0. The Morgan fingerprint density at radius 3 is 2.34 bits per heavy atom. The topological polar surface area (TPSA) is 58.6 Å². The van der Waals surface area contributed by atoms with Crippen molar-refractivity contribution in [2.24, 2.45) is 0 Å². The molecule has 0 aliphatic carbocycles. The third-order valence-corrected chi connectivity index (χ3v) is 5.01. The van der Waals surface area contributed by atoms with Gasteiger partial charge in [-0.05, 0) is 54.4 Å². The van der Waals surface area contributed by atoms with Gasteiger partial charge in [-0.25, -0.2) is 4.39 Å². The van der Waals surface area contributed by atoms with Crippen LogP contribution in [0.3, 0.4) is 0 Å². The van der Waals surface area contributed by atoms with Gasteiger partial charge in [-0.15, -0.1) is 0 Å². The van der Waals surface area contributed by atoms with Crippen LogP contribution in [0.15, 0.2) is 72.8 Å². The number of amides is 2. The van der Waals surface area contributed by atoms with Crippen LogP contribution in [0.1, 0.15) is 27.0 Å². The van der Waals surface area contributed by atoms with E-state index in [2.05, 4.69) is 5.32 Å². The Hall–Kier alpha value is -3.51.